The zero-order chi connectivity index (χ0) is 12.5. The number of nitrogens with one attached hydrogen (secondary N) is 1. The molecule has 18 heavy (non-hydrogen) atoms. The maximum atomic E-state index is 4.42. The molecule has 3 unspecified atom stereocenters. The Labute approximate surface area is 112 Å². The number of anilines is 1. The molecule has 0 spiro atoms. The maximum Gasteiger partial charge on any atom is 0.147 e. The summed E-state index contributed by atoms with van der Waals surface area (Å²) in [5.41, 5.74) is 1.05. The lowest BCUT2D eigenvalue weighted by molar-refractivity contribution is 0.253. The van der Waals surface area contributed by atoms with Crippen molar-refractivity contribution in [1.29, 1.82) is 0 Å². The molecule has 3 rings (SSSR count). The van der Waals surface area contributed by atoms with Crippen molar-refractivity contribution < 1.29 is 0 Å². The van der Waals surface area contributed by atoms with Gasteiger partial charge in [0.05, 0.1) is 10.2 Å². The minimum atomic E-state index is 0.550. The van der Waals surface area contributed by atoms with Gasteiger partial charge in [0.25, 0.3) is 0 Å². The van der Waals surface area contributed by atoms with Gasteiger partial charge in [-0.15, -0.1) is 11.3 Å². The number of rotatable bonds is 2. The van der Waals surface area contributed by atoms with Gasteiger partial charge in [-0.25, -0.2) is 9.97 Å². The number of nitrogens with zero attached hydrogens (tertiary/aromatic N) is 2. The average Bonchev–Trinajstić information content (AvgIpc) is 2.84. The second-order valence-electron chi connectivity index (χ2n) is 5.38. The van der Waals surface area contributed by atoms with E-state index >= 15 is 0 Å². The molecule has 2 aromatic rings. The van der Waals surface area contributed by atoms with Gasteiger partial charge in [0.1, 0.15) is 12.1 Å². The zero-order valence-electron chi connectivity index (χ0n) is 10.9. The minimum absolute atomic E-state index is 0.550. The summed E-state index contributed by atoms with van der Waals surface area (Å²) in [4.78, 5) is 8.71. The third-order valence-electron chi connectivity index (χ3n) is 4.27. The van der Waals surface area contributed by atoms with Gasteiger partial charge in [-0.3, -0.25) is 0 Å². The van der Waals surface area contributed by atoms with Gasteiger partial charge in [-0.05, 0) is 29.7 Å². The van der Waals surface area contributed by atoms with E-state index in [9.17, 15) is 0 Å². The highest BCUT2D eigenvalue weighted by atomic mass is 32.1. The number of hydrogen-bond acceptors (Lipinski definition) is 4. The lowest BCUT2D eigenvalue weighted by Gasteiger charge is -2.34. The van der Waals surface area contributed by atoms with Crippen LogP contribution in [0.25, 0.3) is 10.2 Å². The number of thiophene rings is 1. The first-order valence-electron chi connectivity index (χ1n) is 6.70. The number of aromatic nitrogens is 2. The van der Waals surface area contributed by atoms with E-state index in [1.54, 1.807) is 17.7 Å². The van der Waals surface area contributed by atoms with Crippen LogP contribution in [0.1, 0.15) is 33.1 Å². The summed E-state index contributed by atoms with van der Waals surface area (Å²) in [7, 11) is 0. The van der Waals surface area contributed by atoms with Crippen LogP contribution in [0.15, 0.2) is 17.8 Å². The van der Waals surface area contributed by atoms with Gasteiger partial charge in [0.15, 0.2) is 0 Å². The molecule has 3 nitrogen and oxygen atoms in total. The van der Waals surface area contributed by atoms with Crippen molar-refractivity contribution in [2.45, 2.75) is 39.2 Å². The lowest BCUT2D eigenvalue weighted by atomic mass is 9.78. The molecule has 0 saturated heterocycles. The van der Waals surface area contributed by atoms with Crippen molar-refractivity contribution in [2.75, 3.05) is 5.32 Å². The largest absolute Gasteiger partial charge is 0.366 e. The van der Waals surface area contributed by atoms with E-state index in [1.165, 1.54) is 24.0 Å². The van der Waals surface area contributed by atoms with Crippen LogP contribution >= 0.6 is 11.3 Å². The minimum Gasteiger partial charge on any atom is -0.366 e. The van der Waals surface area contributed by atoms with Gasteiger partial charge in [-0.2, -0.15) is 0 Å². The maximum absolute atomic E-state index is 4.42. The summed E-state index contributed by atoms with van der Waals surface area (Å²) in [5.74, 6) is 2.53. The summed E-state index contributed by atoms with van der Waals surface area (Å²) in [6, 6.07) is 2.61. The Morgan fingerprint density at radius 2 is 2.17 bits per heavy atom. The van der Waals surface area contributed by atoms with Crippen LogP contribution in [-0.2, 0) is 0 Å². The fraction of sp³-hybridized carbons (Fsp3) is 0.571. The van der Waals surface area contributed by atoms with Gasteiger partial charge in [-0.1, -0.05) is 26.7 Å². The van der Waals surface area contributed by atoms with Crippen LogP contribution in [-0.4, -0.2) is 16.0 Å². The molecule has 0 aliphatic heterocycles. The van der Waals surface area contributed by atoms with E-state index in [0.29, 0.717) is 12.0 Å². The van der Waals surface area contributed by atoms with Gasteiger partial charge in [0.2, 0.25) is 0 Å². The molecular formula is C14H19N3S. The Morgan fingerprint density at radius 1 is 1.28 bits per heavy atom. The molecule has 0 radical (unpaired) electrons. The molecule has 2 aromatic heterocycles. The Kier molecular flexibility index (Phi) is 3.20. The van der Waals surface area contributed by atoms with E-state index < -0.39 is 0 Å². The van der Waals surface area contributed by atoms with Crippen LogP contribution in [0.2, 0.25) is 0 Å². The van der Waals surface area contributed by atoms with Crippen molar-refractivity contribution >= 4 is 27.4 Å². The summed E-state index contributed by atoms with van der Waals surface area (Å²) in [6.45, 7) is 4.72. The van der Waals surface area contributed by atoms with Gasteiger partial charge < -0.3 is 5.32 Å². The first-order valence-corrected chi connectivity index (χ1v) is 7.58. The van der Waals surface area contributed by atoms with Crippen LogP contribution in [0.4, 0.5) is 5.82 Å². The Hall–Kier alpha value is -1.16. The molecule has 2 heterocycles. The second kappa shape index (κ2) is 4.84. The molecule has 1 fully saturated rings. The highest BCUT2D eigenvalue weighted by molar-refractivity contribution is 7.17. The molecule has 1 aliphatic rings. The average molecular weight is 261 g/mol. The number of hydrogen-bond donors (Lipinski definition) is 1. The molecule has 0 bridgehead atoms. The molecule has 0 amide bonds. The summed E-state index contributed by atoms with van der Waals surface area (Å²) in [6.07, 6.45) is 5.59. The second-order valence-corrected chi connectivity index (χ2v) is 6.29. The molecule has 4 heteroatoms. The predicted octanol–water partition coefficient (Wildman–Crippen LogP) is 3.93. The molecule has 3 atom stereocenters. The highest BCUT2D eigenvalue weighted by Crippen LogP contribution is 2.33. The van der Waals surface area contributed by atoms with Crippen molar-refractivity contribution in [1.82, 2.24) is 9.97 Å². The predicted molar refractivity (Wildman–Crippen MR) is 77.0 cm³/mol. The Morgan fingerprint density at radius 3 is 3.06 bits per heavy atom. The first kappa shape index (κ1) is 11.9. The van der Waals surface area contributed by atoms with E-state index in [4.69, 9.17) is 0 Å². The quantitative estimate of drug-likeness (QED) is 0.890. The fourth-order valence-electron chi connectivity index (χ4n) is 2.85. The molecule has 1 N–H and O–H groups in total. The van der Waals surface area contributed by atoms with Crippen molar-refractivity contribution in [3.63, 3.8) is 0 Å². The number of fused-ring (bicyclic) bond motifs is 1. The monoisotopic (exact) mass is 261 g/mol. The molecule has 1 aliphatic carbocycles. The van der Waals surface area contributed by atoms with E-state index in [2.05, 4.69) is 40.6 Å². The normalized spacial score (nSPS) is 28.4. The summed E-state index contributed by atoms with van der Waals surface area (Å²) in [5, 5.41) is 5.73. The SMILES string of the molecule is CC1CCCC(Nc2ncnc3ccsc23)C1C. The topological polar surface area (TPSA) is 37.8 Å². The third kappa shape index (κ3) is 2.09. The van der Waals surface area contributed by atoms with Gasteiger partial charge in [0, 0.05) is 6.04 Å². The first-order chi connectivity index (χ1) is 8.75. The summed E-state index contributed by atoms with van der Waals surface area (Å²) >= 11 is 1.72. The Balaban J connectivity index is 1.85. The van der Waals surface area contributed by atoms with E-state index in [0.717, 1.165) is 17.3 Å². The van der Waals surface area contributed by atoms with Crippen LogP contribution < -0.4 is 5.32 Å². The van der Waals surface area contributed by atoms with Crippen LogP contribution in [0.3, 0.4) is 0 Å². The highest BCUT2D eigenvalue weighted by Gasteiger charge is 2.27. The van der Waals surface area contributed by atoms with Crippen molar-refractivity contribution in [2.24, 2.45) is 11.8 Å². The molecular weight excluding hydrogens is 242 g/mol. The van der Waals surface area contributed by atoms with E-state index in [1.807, 2.05) is 0 Å². The van der Waals surface area contributed by atoms with Gasteiger partial charge >= 0.3 is 0 Å². The summed E-state index contributed by atoms with van der Waals surface area (Å²) < 4.78 is 1.18. The lowest BCUT2D eigenvalue weighted by Crippen LogP contribution is -2.35. The third-order valence-corrected chi connectivity index (χ3v) is 5.18. The van der Waals surface area contributed by atoms with Crippen molar-refractivity contribution in [3.8, 4) is 0 Å². The van der Waals surface area contributed by atoms with E-state index in [-0.39, 0.29) is 0 Å². The standard InChI is InChI=1S/C14H19N3S/c1-9-4-3-5-11(10(9)2)17-14-13-12(6-7-18-13)15-8-16-14/h6-11H,3-5H2,1-2H3,(H,15,16,17). The Bertz CT molecular complexity index is 537. The zero-order valence-corrected chi connectivity index (χ0v) is 11.7. The van der Waals surface area contributed by atoms with Crippen molar-refractivity contribution in [3.05, 3.63) is 17.8 Å². The van der Waals surface area contributed by atoms with Crippen LogP contribution in [0.5, 0.6) is 0 Å². The smallest absolute Gasteiger partial charge is 0.147 e. The molecule has 1 saturated carbocycles. The fourth-order valence-corrected chi connectivity index (χ4v) is 3.65. The van der Waals surface area contributed by atoms with Crippen LogP contribution in [0, 0.1) is 11.8 Å². The molecule has 0 aromatic carbocycles. The molecule has 96 valence electrons.